The van der Waals surface area contributed by atoms with E-state index in [2.05, 4.69) is 4.98 Å². The lowest BCUT2D eigenvalue weighted by atomic mass is 10.1. The molecular formula is C15H11FN2O. The zero-order valence-corrected chi connectivity index (χ0v) is 10.0. The van der Waals surface area contributed by atoms with Gasteiger partial charge in [0, 0.05) is 34.9 Å². The molecule has 0 amide bonds. The Balaban J connectivity index is 2.06. The molecule has 0 fully saturated rings. The standard InChI is InChI=1S/C15H11FN2O/c16-13-8-11(17)4-5-15(13)19-14-3-1-2-10-9-18-7-6-12(10)14/h1-9H,17H2. The molecule has 0 saturated heterocycles. The van der Waals surface area contributed by atoms with Crippen LogP contribution in [0.3, 0.4) is 0 Å². The first-order valence-corrected chi connectivity index (χ1v) is 5.80. The van der Waals surface area contributed by atoms with Crippen LogP contribution in [0.4, 0.5) is 10.1 Å². The highest BCUT2D eigenvalue weighted by atomic mass is 19.1. The summed E-state index contributed by atoms with van der Waals surface area (Å²) in [5.41, 5.74) is 5.88. The third-order valence-electron chi connectivity index (χ3n) is 2.82. The number of fused-ring (bicyclic) bond motifs is 1. The summed E-state index contributed by atoms with van der Waals surface area (Å²) < 4.78 is 19.3. The van der Waals surface area contributed by atoms with Gasteiger partial charge in [-0.2, -0.15) is 0 Å². The maximum Gasteiger partial charge on any atom is 0.167 e. The highest BCUT2D eigenvalue weighted by Gasteiger charge is 2.07. The fraction of sp³-hybridized carbons (Fsp3) is 0. The fourth-order valence-corrected chi connectivity index (χ4v) is 1.90. The van der Waals surface area contributed by atoms with Gasteiger partial charge in [0.25, 0.3) is 0 Å². The monoisotopic (exact) mass is 254 g/mol. The van der Waals surface area contributed by atoms with Gasteiger partial charge in [0.05, 0.1) is 0 Å². The van der Waals surface area contributed by atoms with Gasteiger partial charge in [0.1, 0.15) is 5.75 Å². The summed E-state index contributed by atoms with van der Waals surface area (Å²) >= 11 is 0. The average molecular weight is 254 g/mol. The van der Waals surface area contributed by atoms with E-state index in [1.54, 1.807) is 24.5 Å². The van der Waals surface area contributed by atoms with E-state index in [1.807, 2.05) is 18.2 Å². The van der Waals surface area contributed by atoms with Crippen LogP contribution in [0, 0.1) is 5.82 Å². The first-order chi connectivity index (χ1) is 9.24. The van der Waals surface area contributed by atoms with E-state index in [0.717, 1.165) is 10.8 Å². The van der Waals surface area contributed by atoms with Crippen molar-refractivity contribution in [1.29, 1.82) is 0 Å². The minimum absolute atomic E-state index is 0.151. The lowest BCUT2D eigenvalue weighted by molar-refractivity contribution is 0.447. The van der Waals surface area contributed by atoms with Crippen molar-refractivity contribution in [2.45, 2.75) is 0 Å². The molecule has 0 atom stereocenters. The Labute approximate surface area is 109 Å². The van der Waals surface area contributed by atoms with Crippen molar-refractivity contribution >= 4 is 16.5 Å². The summed E-state index contributed by atoms with van der Waals surface area (Å²) in [6.07, 6.45) is 3.41. The van der Waals surface area contributed by atoms with Crippen LogP contribution in [0.25, 0.3) is 10.8 Å². The Morgan fingerprint density at radius 2 is 1.95 bits per heavy atom. The van der Waals surface area contributed by atoms with Gasteiger partial charge in [-0.25, -0.2) is 4.39 Å². The molecule has 1 aromatic heterocycles. The molecule has 2 aromatic carbocycles. The number of benzene rings is 2. The number of ether oxygens (including phenoxy) is 1. The van der Waals surface area contributed by atoms with Gasteiger partial charge in [0.15, 0.2) is 11.6 Å². The molecule has 0 unspecified atom stereocenters. The van der Waals surface area contributed by atoms with Crippen LogP contribution in [-0.2, 0) is 0 Å². The van der Waals surface area contributed by atoms with Gasteiger partial charge in [-0.15, -0.1) is 0 Å². The summed E-state index contributed by atoms with van der Waals surface area (Å²) in [6, 6.07) is 11.7. The summed E-state index contributed by atoms with van der Waals surface area (Å²) in [5, 5.41) is 1.82. The third kappa shape index (κ3) is 2.20. The summed E-state index contributed by atoms with van der Waals surface area (Å²) in [7, 11) is 0. The minimum Gasteiger partial charge on any atom is -0.454 e. The number of rotatable bonds is 2. The molecule has 0 saturated carbocycles. The number of hydrogen-bond acceptors (Lipinski definition) is 3. The molecule has 19 heavy (non-hydrogen) atoms. The molecular weight excluding hydrogens is 243 g/mol. The number of nitrogens with two attached hydrogens (primary N) is 1. The molecule has 94 valence electrons. The van der Waals surface area contributed by atoms with Crippen LogP contribution in [0.2, 0.25) is 0 Å². The highest BCUT2D eigenvalue weighted by Crippen LogP contribution is 2.31. The molecule has 3 aromatic rings. The number of anilines is 1. The maximum atomic E-state index is 13.7. The van der Waals surface area contributed by atoms with Crippen LogP contribution in [0.5, 0.6) is 11.5 Å². The lowest BCUT2D eigenvalue weighted by Gasteiger charge is -2.09. The molecule has 0 bridgehead atoms. The Hall–Kier alpha value is -2.62. The van der Waals surface area contributed by atoms with Crippen LogP contribution in [0.15, 0.2) is 54.9 Å². The molecule has 0 aliphatic carbocycles. The number of nitrogen functional groups attached to an aromatic ring is 1. The first-order valence-electron chi connectivity index (χ1n) is 5.80. The predicted octanol–water partition coefficient (Wildman–Crippen LogP) is 3.75. The minimum atomic E-state index is -0.481. The smallest absolute Gasteiger partial charge is 0.167 e. The van der Waals surface area contributed by atoms with Crippen molar-refractivity contribution in [3.05, 3.63) is 60.7 Å². The topological polar surface area (TPSA) is 48.1 Å². The summed E-state index contributed by atoms with van der Waals surface area (Å²) in [6.45, 7) is 0. The number of aromatic nitrogens is 1. The van der Waals surface area contributed by atoms with E-state index in [4.69, 9.17) is 10.5 Å². The molecule has 0 aliphatic heterocycles. The van der Waals surface area contributed by atoms with Gasteiger partial charge in [-0.1, -0.05) is 12.1 Å². The molecule has 0 aliphatic rings. The average Bonchev–Trinajstić information content (AvgIpc) is 2.42. The molecule has 1 heterocycles. The second-order valence-corrected chi connectivity index (χ2v) is 4.14. The largest absolute Gasteiger partial charge is 0.454 e. The number of hydrogen-bond donors (Lipinski definition) is 1. The van der Waals surface area contributed by atoms with E-state index < -0.39 is 5.82 Å². The van der Waals surface area contributed by atoms with Crippen molar-refractivity contribution in [2.75, 3.05) is 5.73 Å². The molecule has 3 rings (SSSR count). The van der Waals surface area contributed by atoms with Crippen molar-refractivity contribution in [3.63, 3.8) is 0 Å². The van der Waals surface area contributed by atoms with Crippen molar-refractivity contribution < 1.29 is 9.13 Å². The summed E-state index contributed by atoms with van der Waals surface area (Å²) in [5.74, 6) is 0.258. The van der Waals surface area contributed by atoms with Crippen molar-refractivity contribution in [1.82, 2.24) is 4.98 Å². The van der Waals surface area contributed by atoms with E-state index >= 15 is 0 Å². The Kier molecular flexibility index (Phi) is 2.76. The fourth-order valence-electron chi connectivity index (χ4n) is 1.90. The number of pyridine rings is 1. The van der Waals surface area contributed by atoms with E-state index in [-0.39, 0.29) is 5.75 Å². The highest BCUT2D eigenvalue weighted by molar-refractivity contribution is 5.87. The summed E-state index contributed by atoms with van der Waals surface area (Å²) in [4.78, 5) is 4.04. The Morgan fingerprint density at radius 3 is 2.79 bits per heavy atom. The van der Waals surface area contributed by atoms with Gasteiger partial charge in [-0.3, -0.25) is 4.98 Å². The van der Waals surface area contributed by atoms with E-state index in [1.165, 1.54) is 12.1 Å². The normalized spacial score (nSPS) is 10.6. The van der Waals surface area contributed by atoms with Crippen LogP contribution < -0.4 is 10.5 Å². The second kappa shape index (κ2) is 4.57. The zero-order chi connectivity index (χ0) is 13.2. The molecule has 0 spiro atoms. The number of halogens is 1. The Morgan fingerprint density at radius 1 is 1.05 bits per heavy atom. The quantitative estimate of drug-likeness (QED) is 0.708. The Bertz CT molecular complexity index is 738. The van der Waals surface area contributed by atoms with Gasteiger partial charge >= 0.3 is 0 Å². The second-order valence-electron chi connectivity index (χ2n) is 4.14. The van der Waals surface area contributed by atoms with Gasteiger partial charge in [-0.05, 0) is 24.3 Å². The molecule has 2 N–H and O–H groups in total. The van der Waals surface area contributed by atoms with Crippen molar-refractivity contribution in [2.24, 2.45) is 0 Å². The first kappa shape index (κ1) is 11.5. The van der Waals surface area contributed by atoms with Gasteiger partial charge < -0.3 is 10.5 Å². The van der Waals surface area contributed by atoms with Crippen LogP contribution in [-0.4, -0.2) is 4.98 Å². The van der Waals surface area contributed by atoms with Crippen molar-refractivity contribution in [3.8, 4) is 11.5 Å². The van der Waals surface area contributed by atoms with Crippen LogP contribution >= 0.6 is 0 Å². The van der Waals surface area contributed by atoms with E-state index in [9.17, 15) is 4.39 Å². The van der Waals surface area contributed by atoms with E-state index in [0.29, 0.717) is 11.4 Å². The van der Waals surface area contributed by atoms with Crippen LogP contribution in [0.1, 0.15) is 0 Å². The molecule has 0 radical (unpaired) electrons. The molecule has 4 heteroatoms. The SMILES string of the molecule is Nc1ccc(Oc2cccc3cnccc23)c(F)c1. The van der Waals surface area contributed by atoms with Gasteiger partial charge in [0.2, 0.25) is 0 Å². The predicted molar refractivity (Wildman–Crippen MR) is 72.6 cm³/mol. The lowest BCUT2D eigenvalue weighted by Crippen LogP contribution is -1.92. The third-order valence-corrected chi connectivity index (χ3v) is 2.82. The zero-order valence-electron chi connectivity index (χ0n) is 10.0. The molecule has 3 nitrogen and oxygen atoms in total. The number of nitrogens with zero attached hydrogens (tertiary/aromatic N) is 1. The maximum absolute atomic E-state index is 13.7.